The summed E-state index contributed by atoms with van der Waals surface area (Å²) in [6.07, 6.45) is 7.83. The second-order valence-corrected chi connectivity index (χ2v) is 12.0. The number of likely N-dealkylation sites (N-methyl/N-ethyl adjacent to an activating group) is 2. The zero-order chi connectivity index (χ0) is 24.4. The molecule has 2 aliphatic carbocycles. The first-order valence-corrected chi connectivity index (χ1v) is 12.9. The van der Waals surface area contributed by atoms with Crippen LogP contribution in [0.5, 0.6) is 0 Å². The van der Waals surface area contributed by atoms with Gasteiger partial charge in [-0.1, -0.05) is 6.08 Å². The Morgan fingerprint density at radius 2 is 1.82 bits per heavy atom. The molecule has 8 unspecified atom stereocenters. The average molecular weight is 497 g/mol. The van der Waals surface area contributed by atoms with Gasteiger partial charge in [-0.3, -0.25) is 9.59 Å². The normalized spacial score (nSPS) is 48.1. The number of nitrogens with zero attached hydrogens (tertiary/aromatic N) is 2. The number of carbonyl (C=O) groups excluding carboxylic acids is 3. The van der Waals surface area contributed by atoms with Crippen molar-refractivity contribution < 1.29 is 57.0 Å². The molecule has 11 heteroatoms. The van der Waals surface area contributed by atoms with Gasteiger partial charge in [-0.05, 0) is 11.6 Å². The fourth-order valence-corrected chi connectivity index (χ4v) is 8.86. The molecular formula is C23H29ClN2O8+2. The van der Waals surface area contributed by atoms with E-state index in [0.29, 0.717) is 25.0 Å². The Hall–Kier alpha value is -1.76. The van der Waals surface area contributed by atoms with Gasteiger partial charge in [-0.2, -0.15) is 0 Å². The van der Waals surface area contributed by atoms with E-state index in [1.165, 1.54) is 11.6 Å². The fourth-order valence-electron chi connectivity index (χ4n) is 8.86. The van der Waals surface area contributed by atoms with Gasteiger partial charge in [0.2, 0.25) is 11.6 Å². The molecule has 0 radical (unpaired) electrons. The van der Waals surface area contributed by atoms with E-state index in [0.717, 1.165) is 41.7 Å². The summed E-state index contributed by atoms with van der Waals surface area (Å²) in [5.41, 5.74) is 3.11. The van der Waals surface area contributed by atoms with Crippen LogP contribution in [0.1, 0.15) is 19.3 Å². The summed E-state index contributed by atoms with van der Waals surface area (Å²) < 4.78 is 37.7. The molecule has 3 N–H and O–H groups in total. The molecular weight excluding hydrogens is 468 g/mol. The van der Waals surface area contributed by atoms with E-state index in [2.05, 4.69) is 13.1 Å². The quantitative estimate of drug-likeness (QED) is 0.152. The van der Waals surface area contributed by atoms with Crippen LogP contribution in [-0.2, 0) is 19.1 Å². The molecule has 1 amide bonds. The van der Waals surface area contributed by atoms with Crippen LogP contribution in [0.25, 0.3) is 0 Å². The second kappa shape index (κ2) is 6.71. The standard InChI is InChI=1S/C23H26N2O4.ClH3O4/c1-24-5-4-23-14-8-16(26)17(27)9-15(14)25(2)20(28)10-18-21(22(23)25)13(7-19(23)24)12(11-24)3-6-29-18;2-1(3,4)5/h3,8-9,13,18-19,21-22H,4-7,10-11H2,1-2H3;2-4H/q+2;. The van der Waals surface area contributed by atoms with Gasteiger partial charge in [0.1, 0.15) is 29.7 Å². The van der Waals surface area contributed by atoms with E-state index in [-0.39, 0.29) is 33.9 Å². The van der Waals surface area contributed by atoms with Crippen LogP contribution in [0.15, 0.2) is 35.1 Å². The van der Waals surface area contributed by atoms with E-state index in [4.69, 9.17) is 23.4 Å². The number of ether oxygens (including phenoxy) is 1. The van der Waals surface area contributed by atoms with Crippen LogP contribution in [-0.4, -0.2) is 92.4 Å². The number of carbonyl (C=O) groups is 3. The van der Waals surface area contributed by atoms with Gasteiger partial charge in [0.25, 0.3) is 0 Å². The van der Waals surface area contributed by atoms with E-state index in [9.17, 15) is 14.4 Å². The van der Waals surface area contributed by atoms with Crippen LogP contribution in [0.2, 0.25) is 0 Å². The van der Waals surface area contributed by atoms with Crippen molar-refractivity contribution in [1.29, 1.82) is 0 Å². The summed E-state index contributed by atoms with van der Waals surface area (Å²) in [6.45, 7) is 2.70. The van der Waals surface area contributed by atoms with Crippen molar-refractivity contribution in [2.24, 2.45) is 17.3 Å². The van der Waals surface area contributed by atoms with Crippen molar-refractivity contribution >= 4 is 17.5 Å². The summed E-state index contributed by atoms with van der Waals surface area (Å²) in [4.78, 5) is 38.5. The van der Waals surface area contributed by atoms with E-state index < -0.39 is 21.8 Å². The summed E-state index contributed by atoms with van der Waals surface area (Å²) >= 11 is 0. The Bertz CT molecular complexity index is 1130. The molecule has 1 saturated carbocycles. The Morgan fingerprint density at radius 1 is 1.15 bits per heavy atom. The molecule has 0 aromatic carbocycles. The van der Waals surface area contributed by atoms with Gasteiger partial charge < -0.3 is 9.22 Å². The number of amides is 1. The first-order valence-electron chi connectivity index (χ1n) is 11.5. The average Bonchev–Trinajstić information content (AvgIpc) is 3.08. The fraction of sp³-hybridized carbons (Fsp3) is 0.609. The number of piperidine rings is 2. The Morgan fingerprint density at radius 3 is 2.53 bits per heavy atom. The van der Waals surface area contributed by atoms with Gasteiger partial charge in [0.05, 0.1) is 45.8 Å². The number of ketones is 2. The minimum absolute atomic E-state index is 0.0551. The Balaban J connectivity index is 0.000000398. The van der Waals surface area contributed by atoms with E-state index in [1.807, 2.05) is 7.05 Å². The van der Waals surface area contributed by atoms with Crippen molar-refractivity contribution in [3.63, 3.8) is 0 Å². The molecule has 5 heterocycles. The van der Waals surface area contributed by atoms with Crippen molar-refractivity contribution in [2.45, 2.75) is 37.5 Å². The van der Waals surface area contributed by atoms with Gasteiger partial charge in [0.15, 0.2) is 0 Å². The molecule has 7 aliphatic rings. The predicted octanol–water partition coefficient (Wildman–Crippen LogP) is -1.97. The molecule has 10 nitrogen and oxygen atoms in total. The number of allylic oxidation sites excluding steroid dienone is 3. The number of halogens is 1. The third-order valence-electron chi connectivity index (χ3n) is 9.84. The third kappa shape index (κ3) is 2.68. The molecule has 7 rings (SSSR count). The van der Waals surface area contributed by atoms with Crippen molar-refractivity contribution in [1.82, 2.24) is 0 Å². The van der Waals surface area contributed by atoms with E-state index in [1.54, 1.807) is 6.08 Å². The van der Waals surface area contributed by atoms with Crippen LogP contribution < -0.4 is 4.66 Å². The zero-order valence-electron chi connectivity index (χ0n) is 19.0. The van der Waals surface area contributed by atoms with Gasteiger partial charge in [0, 0.05) is 30.3 Å². The third-order valence-corrected chi connectivity index (χ3v) is 9.84. The first kappa shape index (κ1) is 22.7. The number of quaternary nitrogens is 2. The number of fused-ring (bicyclic) bond motifs is 2. The monoisotopic (exact) mass is 496 g/mol. The van der Waals surface area contributed by atoms with Crippen LogP contribution >= 0.6 is 0 Å². The molecule has 184 valence electrons. The molecule has 2 bridgehead atoms. The number of hydrogen-bond acceptors (Lipinski definition) is 8. The van der Waals surface area contributed by atoms with Crippen molar-refractivity contribution in [3.8, 4) is 0 Å². The second-order valence-electron chi connectivity index (χ2n) is 11.1. The molecule has 4 saturated heterocycles. The van der Waals surface area contributed by atoms with E-state index >= 15 is 0 Å². The topological polar surface area (TPSA) is 144 Å². The maximum absolute atomic E-state index is 13.6. The molecule has 1 spiro atoms. The predicted molar refractivity (Wildman–Crippen MR) is 109 cm³/mol. The van der Waals surface area contributed by atoms with Crippen molar-refractivity contribution in [3.05, 3.63) is 35.1 Å². The SMILES string of the molecule is C[N+]12CCC34C5=CC(=O)C(=O)C=C5[N+]5(C)C(=O)CC6OCC=C(C1)C(CC32)C6C45.[O-][Cl+](O)(O)O. The Labute approximate surface area is 198 Å². The van der Waals surface area contributed by atoms with Gasteiger partial charge >= 0.3 is 34.8 Å². The minimum atomic E-state index is -4.19. The molecule has 5 fully saturated rings. The Kier molecular flexibility index (Phi) is 4.48. The number of hydrogen-bond donors (Lipinski definition) is 3. The molecule has 5 aliphatic heterocycles. The molecule has 0 aromatic heterocycles. The zero-order valence-corrected chi connectivity index (χ0v) is 19.8. The van der Waals surface area contributed by atoms with Gasteiger partial charge in [-0.15, -0.1) is 0 Å². The molecule has 0 aromatic rings. The van der Waals surface area contributed by atoms with Crippen LogP contribution in [0.3, 0.4) is 0 Å². The summed E-state index contributed by atoms with van der Waals surface area (Å²) in [7, 11) is 0.172. The molecule has 34 heavy (non-hydrogen) atoms. The molecule has 8 atom stereocenters. The van der Waals surface area contributed by atoms with Crippen molar-refractivity contribution in [2.75, 3.05) is 33.8 Å². The number of rotatable bonds is 0. The summed E-state index contributed by atoms with van der Waals surface area (Å²) in [5, 5.41) is 0. The first-order chi connectivity index (χ1) is 15.8. The van der Waals surface area contributed by atoms with Gasteiger partial charge in [-0.25, -0.2) is 9.28 Å². The summed E-state index contributed by atoms with van der Waals surface area (Å²) in [5.74, 6) is -0.0494. The van der Waals surface area contributed by atoms with Crippen LogP contribution in [0.4, 0.5) is 0 Å². The van der Waals surface area contributed by atoms with Crippen LogP contribution in [0, 0.1) is 27.5 Å². The summed E-state index contributed by atoms with van der Waals surface area (Å²) in [6, 6.07) is 0.460. The maximum atomic E-state index is 13.6.